The summed E-state index contributed by atoms with van der Waals surface area (Å²) in [5.41, 5.74) is 1.03. The van der Waals surface area contributed by atoms with Crippen molar-refractivity contribution in [2.24, 2.45) is 0 Å². The molecule has 3 heterocycles. The van der Waals surface area contributed by atoms with Gasteiger partial charge in [0.1, 0.15) is 0 Å². The zero-order chi connectivity index (χ0) is 10.3. The maximum atomic E-state index is 5.91. The van der Waals surface area contributed by atoms with Gasteiger partial charge in [-0.25, -0.2) is 4.98 Å². The number of rotatable bonds is 0. The number of pyridine rings is 1. The van der Waals surface area contributed by atoms with Crippen LogP contribution in [-0.2, 0) is 4.74 Å². The van der Waals surface area contributed by atoms with Crippen LogP contribution < -0.4 is 10.2 Å². The van der Waals surface area contributed by atoms with Gasteiger partial charge in [0, 0.05) is 19.3 Å². The van der Waals surface area contributed by atoms with E-state index >= 15 is 0 Å². The summed E-state index contributed by atoms with van der Waals surface area (Å²) in [6, 6.07) is 2.33. The first-order valence-electron chi connectivity index (χ1n) is 5.08. The minimum atomic E-state index is 0.403. The van der Waals surface area contributed by atoms with E-state index in [9.17, 15) is 0 Å². The number of aromatic nitrogens is 1. The minimum Gasteiger partial charge on any atom is -0.380 e. The molecule has 2 aliphatic heterocycles. The summed E-state index contributed by atoms with van der Waals surface area (Å²) in [5.74, 6) is 0.999. The molecular weight excluding hydrogens is 214 g/mol. The van der Waals surface area contributed by atoms with E-state index in [4.69, 9.17) is 16.3 Å². The van der Waals surface area contributed by atoms with Crippen molar-refractivity contribution in [3.8, 4) is 0 Å². The van der Waals surface area contributed by atoms with Crippen molar-refractivity contribution < 1.29 is 4.74 Å². The molecule has 2 aliphatic rings. The lowest BCUT2D eigenvalue weighted by Crippen LogP contribution is -2.52. The molecule has 3 rings (SSSR count). The number of nitrogens with one attached hydrogen (secondary N) is 1. The Balaban J connectivity index is 1.99. The monoisotopic (exact) mass is 225 g/mol. The summed E-state index contributed by atoms with van der Waals surface area (Å²) >= 11 is 5.91. The molecule has 1 fully saturated rings. The standard InChI is InChI=1S/C10H12ClN3O/c11-7-3-9-10(13-4-7)14-1-2-15-6-8(14)5-12-9/h3-4,8,12H,1-2,5-6H2. The maximum absolute atomic E-state index is 5.91. The molecule has 4 nitrogen and oxygen atoms in total. The average Bonchev–Trinajstić information content (AvgIpc) is 2.28. The van der Waals surface area contributed by atoms with Crippen molar-refractivity contribution in [2.45, 2.75) is 6.04 Å². The van der Waals surface area contributed by atoms with Crippen LogP contribution in [-0.4, -0.2) is 37.3 Å². The highest BCUT2D eigenvalue weighted by atomic mass is 35.5. The van der Waals surface area contributed by atoms with Crippen LogP contribution >= 0.6 is 11.6 Å². The zero-order valence-electron chi connectivity index (χ0n) is 8.24. The second kappa shape index (κ2) is 3.54. The van der Waals surface area contributed by atoms with Crippen LogP contribution in [0.25, 0.3) is 0 Å². The summed E-state index contributed by atoms with van der Waals surface area (Å²) in [5, 5.41) is 4.01. The molecule has 5 heteroatoms. The third-order valence-corrected chi connectivity index (χ3v) is 3.07. The van der Waals surface area contributed by atoms with Crippen LogP contribution in [0.2, 0.25) is 5.02 Å². The van der Waals surface area contributed by atoms with Crippen LogP contribution in [0, 0.1) is 0 Å². The molecule has 1 unspecified atom stereocenters. The molecule has 80 valence electrons. The predicted molar refractivity (Wildman–Crippen MR) is 59.7 cm³/mol. The number of anilines is 2. The van der Waals surface area contributed by atoms with E-state index in [1.165, 1.54) is 0 Å². The number of ether oxygens (including phenoxy) is 1. The van der Waals surface area contributed by atoms with Gasteiger partial charge in [0.25, 0.3) is 0 Å². The Bertz CT molecular complexity index is 385. The van der Waals surface area contributed by atoms with Crippen LogP contribution in [0.4, 0.5) is 11.5 Å². The second-order valence-electron chi connectivity index (χ2n) is 3.83. The highest BCUT2D eigenvalue weighted by molar-refractivity contribution is 6.30. The number of morpholine rings is 1. The average molecular weight is 226 g/mol. The lowest BCUT2D eigenvalue weighted by Gasteiger charge is -2.41. The Morgan fingerprint density at radius 2 is 2.53 bits per heavy atom. The molecule has 1 aromatic heterocycles. The first-order chi connectivity index (χ1) is 7.34. The van der Waals surface area contributed by atoms with Gasteiger partial charge in [0.15, 0.2) is 5.82 Å². The third-order valence-electron chi connectivity index (χ3n) is 2.86. The number of hydrogen-bond acceptors (Lipinski definition) is 4. The van der Waals surface area contributed by atoms with E-state index in [0.717, 1.165) is 37.8 Å². The lowest BCUT2D eigenvalue weighted by molar-refractivity contribution is 0.0959. The van der Waals surface area contributed by atoms with Gasteiger partial charge in [-0.15, -0.1) is 0 Å². The molecule has 0 saturated carbocycles. The summed E-state index contributed by atoms with van der Waals surface area (Å²) < 4.78 is 5.44. The molecule has 1 atom stereocenters. The van der Waals surface area contributed by atoms with Gasteiger partial charge in [-0.05, 0) is 6.07 Å². The van der Waals surface area contributed by atoms with Crippen LogP contribution in [0.5, 0.6) is 0 Å². The van der Waals surface area contributed by atoms with E-state index in [1.54, 1.807) is 6.20 Å². The number of fused-ring (bicyclic) bond motifs is 3. The molecule has 0 radical (unpaired) electrons. The fourth-order valence-corrected chi connectivity index (χ4v) is 2.28. The fraction of sp³-hybridized carbons (Fsp3) is 0.500. The summed E-state index contributed by atoms with van der Waals surface area (Å²) in [4.78, 5) is 6.68. The quantitative estimate of drug-likeness (QED) is 0.724. The molecule has 0 aliphatic carbocycles. The van der Waals surface area contributed by atoms with Gasteiger partial charge in [0.05, 0.1) is 30.0 Å². The van der Waals surface area contributed by atoms with E-state index < -0.39 is 0 Å². The van der Waals surface area contributed by atoms with Gasteiger partial charge in [-0.1, -0.05) is 11.6 Å². The fourth-order valence-electron chi connectivity index (χ4n) is 2.12. The van der Waals surface area contributed by atoms with Crippen LogP contribution in [0.3, 0.4) is 0 Å². The zero-order valence-corrected chi connectivity index (χ0v) is 9.00. The number of halogens is 1. The third kappa shape index (κ3) is 1.54. The second-order valence-corrected chi connectivity index (χ2v) is 4.26. The van der Waals surface area contributed by atoms with Gasteiger partial charge in [0.2, 0.25) is 0 Å². The molecule has 0 amide bonds. The largest absolute Gasteiger partial charge is 0.380 e. The first-order valence-corrected chi connectivity index (χ1v) is 5.46. The Hall–Kier alpha value is -1.00. The Morgan fingerprint density at radius 3 is 3.47 bits per heavy atom. The summed E-state index contributed by atoms with van der Waals surface area (Å²) in [6.45, 7) is 3.36. The summed E-state index contributed by atoms with van der Waals surface area (Å²) in [7, 11) is 0. The van der Waals surface area contributed by atoms with Gasteiger partial charge < -0.3 is 15.0 Å². The van der Waals surface area contributed by atoms with Crippen molar-refractivity contribution in [3.05, 3.63) is 17.3 Å². The molecule has 0 aromatic carbocycles. The Kier molecular flexibility index (Phi) is 2.18. The molecule has 0 bridgehead atoms. The highest BCUT2D eigenvalue weighted by Gasteiger charge is 2.29. The molecule has 15 heavy (non-hydrogen) atoms. The van der Waals surface area contributed by atoms with E-state index in [0.29, 0.717) is 11.1 Å². The predicted octanol–water partition coefficient (Wildman–Crippen LogP) is 1.37. The SMILES string of the molecule is Clc1cnc2c(c1)NCC1COCCN21. The normalized spacial score (nSPS) is 24.1. The van der Waals surface area contributed by atoms with Gasteiger partial charge in [-0.2, -0.15) is 0 Å². The lowest BCUT2D eigenvalue weighted by atomic mass is 10.1. The van der Waals surface area contributed by atoms with E-state index in [-0.39, 0.29) is 0 Å². The van der Waals surface area contributed by atoms with Gasteiger partial charge in [-0.3, -0.25) is 0 Å². The molecule has 1 saturated heterocycles. The van der Waals surface area contributed by atoms with Crippen molar-refractivity contribution in [1.29, 1.82) is 0 Å². The first kappa shape index (κ1) is 9.24. The van der Waals surface area contributed by atoms with Crippen LogP contribution in [0.1, 0.15) is 0 Å². The Labute approximate surface area is 93.2 Å². The molecular formula is C10H12ClN3O. The maximum Gasteiger partial charge on any atom is 0.152 e. The Morgan fingerprint density at radius 1 is 1.60 bits per heavy atom. The smallest absolute Gasteiger partial charge is 0.152 e. The summed E-state index contributed by atoms with van der Waals surface area (Å²) in [6.07, 6.45) is 1.69. The van der Waals surface area contributed by atoms with E-state index in [1.807, 2.05) is 6.07 Å². The van der Waals surface area contributed by atoms with Crippen molar-refractivity contribution in [1.82, 2.24) is 4.98 Å². The topological polar surface area (TPSA) is 37.4 Å². The minimum absolute atomic E-state index is 0.403. The van der Waals surface area contributed by atoms with Crippen molar-refractivity contribution >= 4 is 23.1 Å². The highest BCUT2D eigenvalue weighted by Crippen LogP contribution is 2.32. The van der Waals surface area contributed by atoms with E-state index in [2.05, 4.69) is 15.2 Å². The number of nitrogens with zero attached hydrogens (tertiary/aromatic N) is 2. The molecule has 0 spiro atoms. The molecule has 1 N–H and O–H groups in total. The van der Waals surface area contributed by atoms with Crippen LogP contribution in [0.15, 0.2) is 12.3 Å². The van der Waals surface area contributed by atoms with Crippen molar-refractivity contribution in [3.63, 3.8) is 0 Å². The molecule has 1 aromatic rings. The van der Waals surface area contributed by atoms with Crippen molar-refractivity contribution in [2.75, 3.05) is 36.5 Å². The number of hydrogen-bond donors (Lipinski definition) is 1. The van der Waals surface area contributed by atoms with Gasteiger partial charge >= 0.3 is 0 Å².